The van der Waals surface area contributed by atoms with Crippen LogP contribution in [0.1, 0.15) is 29.9 Å². The predicted octanol–water partition coefficient (Wildman–Crippen LogP) is 2.69. The maximum absolute atomic E-state index is 12.7. The maximum atomic E-state index is 12.7. The highest BCUT2D eigenvalue weighted by Gasteiger charge is 2.54. The van der Waals surface area contributed by atoms with Gasteiger partial charge in [0.2, 0.25) is 12.7 Å². The third kappa shape index (κ3) is 1.94. The number of carbonyl (C=O) groups is 1. The largest absolute Gasteiger partial charge is 0.454 e. The summed E-state index contributed by atoms with van der Waals surface area (Å²) in [6.45, 7) is 3.99. The first-order valence-corrected chi connectivity index (χ1v) is 7.24. The van der Waals surface area contributed by atoms with Crippen LogP contribution in [0.25, 0.3) is 0 Å². The van der Waals surface area contributed by atoms with E-state index in [-0.39, 0.29) is 12.7 Å². The van der Waals surface area contributed by atoms with E-state index in [1.807, 2.05) is 26.0 Å². The highest BCUT2D eigenvalue weighted by molar-refractivity contribution is 6.01. The highest BCUT2D eigenvalue weighted by Crippen LogP contribution is 2.49. The Morgan fingerprint density at radius 3 is 2.55 bits per heavy atom. The first-order valence-electron chi connectivity index (χ1n) is 7.24. The smallest absolute Gasteiger partial charge is 0.238 e. The number of nitrogens with one attached hydrogen (secondary N) is 1. The van der Waals surface area contributed by atoms with Crippen molar-refractivity contribution in [3.63, 3.8) is 0 Å². The fourth-order valence-corrected chi connectivity index (χ4v) is 2.72. The average Bonchev–Trinajstić information content (AvgIpc) is 2.99. The van der Waals surface area contributed by atoms with Gasteiger partial charge in [-0.05, 0) is 38.3 Å². The van der Waals surface area contributed by atoms with Crippen LogP contribution in [0.3, 0.4) is 0 Å². The van der Waals surface area contributed by atoms with Gasteiger partial charge in [0.05, 0.1) is 5.69 Å². The van der Waals surface area contributed by atoms with Crippen LogP contribution in [0.4, 0.5) is 5.69 Å². The molecule has 1 aromatic carbocycles. The van der Waals surface area contributed by atoms with Gasteiger partial charge in [-0.1, -0.05) is 5.16 Å². The summed E-state index contributed by atoms with van der Waals surface area (Å²) < 4.78 is 16.0. The van der Waals surface area contributed by atoms with Crippen LogP contribution >= 0.6 is 0 Å². The molecule has 2 aliphatic rings. The van der Waals surface area contributed by atoms with Gasteiger partial charge in [0, 0.05) is 17.8 Å². The second kappa shape index (κ2) is 4.50. The molecule has 22 heavy (non-hydrogen) atoms. The molecular weight excluding hydrogens is 284 g/mol. The number of aromatic nitrogens is 1. The quantitative estimate of drug-likeness (QED) is 0.943. The van der Waals surface area contributed by atoms with Crippen LogP contribution in [0.15, 0.2) is 22.7 Å². The van der Waals surface area contributed by atoms with Gasteiger partial charge in [0.1, 0.15) is 5.41 Å². The fourth-order valence-electron chi connectivity index (χ4n) is 2.72. The molecule has 1 saturated carbocycles. The molecule has 6 nitrogen and oxygen atoms in total. The van der Waals surface area contributed by atoms with E-state index in [1.54, 1.807) is 6.07 Å². The monoisotopic (exact) mass is 300 g/mol. The van der Waals surface area contributed by atoms with E-state index in [0.717, 1.165) is 29.8 Å². The van der Waals surface area contributed by atoms with Crippen molar-refractivity contribution >= 4 is 11.6 Å². The summed E-state index contributed by atoms with van der Waals surface area (Å²) in [7, 11) is 0. The summed E-state index contributed by atoms with van der Waals surface area (Å²) >= 11 is 0. The number of rotatable bonds is 3. The molecule has 1 aliphatic carbocycles. The lowest BCUT2D eigenvalue weighted by Crippen LogP contribution is -2.27. The molecule has 1 aromatic heterocycles. The number of benzene rings is 1. The number of hydrogen-bond acceptors (Lipinski definition) is 5. The highest BCUT2D eigenvalue weighted by atomic mass is 16.7. The van der Waals surface area contributed by atoms with Crippen molar-refractivity contribution in [2.24, 2.45) is 0 Å². The van der Waals surface area contributed by atoms with Crippen molar-refractivity contribution in [2.45, 2.75) is 32.1 Å². The van der Waals surface area contributed by atoms with Crippen molar-refractivity contribution in [1.82, 2.24) is 5.16 Å². The van der Waals surface area contributed by atoms with Crippen molar-refractivity contribution in [3.8, 4) is 11.5 Å². The summed E-state index contributed by atoms with van der Waals surface area (Å²) in [6.07, 6.45) is 1.55. The molecule has 0 bridgehead atoms. The molecule has 2 heterocycles. The zero-order valence-electron chi connectivity index (χ0n) is 12.4. The minimum atomic E-state index is -0.579. The Morgan fingerprint density at radius 1 is 1.18 bits per heavy atom. The van der Waals surface area contributed by atoms with Gasteiger partial charge in [-0.25, -0.2) is 0 Å². The van der Waals surface area contributed by atoms with Crippen LogP contribution in [-0.4, -0.2) is 17.9 Å². The minimum absolute atomic E-state index is 0.0642. The van der Waals surface area contributed by atoms with Crippen LogP contribution in [0.2, 0.25) is 0 Å². The topological polar surface area (TPSA) is 73.6 Å². The lowest BCUT2D eigenvalue weighted by molar-refractivity contribution is -0.119. The Balaban J connectivity index is 1.60. The van der Waals surface area contributed by atoms with Crippen LogP contribution in [0, 0.1) is 13.8 Å². The van der Waals surface area contributed by atoms with E-state index in [0.29, 0.717) is 17.3 Å². The summed E-state index contributed by atoms with van der Waals surface area (Å²) in [4.78, 5) is 12.7. The van der Waals surface area contributed by atoms with Gasteiger partial charge in [0.25, 0.3) is 0 Å². The standard InChI is InChI=1S/C16H16N2O4/c1-9-5-12-13(21-8-20-12)7-11(9)17-15(19)16(3-4-16)14-6-10(2)18-22-14/h5-7H,3-4,8H2,1-2H3,(H,17,19). The zero-order valence-corrected chi connectivity index (χ0v) is 12.4. The van der Waals surface area contributed by atoms with Gasteiger partial charge in [0.15, 0.2) is 17.3 Å². The molecule has 0 spiro atoms. The number of amides is 1. The molecule has 114 valence electrons. The van der Waals surface area contributed by atoms with Crippen LogP contribution in [-0.2, 0) is 10.2 Å². The molecule has 1 N–H and O–H groups in total. The minimum Gasteiger partial charge on any atom is -0.454 e. The number of aryl methyl sites for hydroxylation is 2. The molecule has 1 aliphatic heterocycles. The molecular formula is C16H16N2O4. The summed E-state index contributed by atoms with van der Waals surface area (Å²) in [5, 5.41) is 6.87. The summed E-state index contributed by atoms with van der Waals surface area (Å²) in [5.74, 6) is 1.94. The molecule has 0 atom stereocenters. The average molecular weight is 300 g/mol. The Hall–Kier alpha value is -2.50. The number of carbonyl (C=O) groups excluding carboxylic acids is 1. The van der Waals surface area contributed by atoms with E-state index in [1.165, 1.54) is 0 Å². The molecule has 1 amide bonds. The van der Waals surface area contributed by atoms with Crippen molar-refractivity contribution < 1.29 is 18.8 Å². The number of anilines is 1. The van der Waals surface area contributed by atoms with E-state index >= 15 is 0 Å². The molecule has 0 unspecified atom stereocenters. The predicted molar refractivity (Wildman–Crippen MR) is 78.1 cm³/mol. The molecule has 2 aromatic rings. The lowest BCUT2D eigenvalue weighted by Gasteiger charge is -2.14. The molecule has 4 rings (SSSR count). The number of hydrogen-bond donors (Lipinski definition) is 1. The Morgan fingerprint density at radius 2 is 1.91 bits per heavy atom. The second-order valence-electron chi connectivity index (χ2n) is 5.89. The fraction of sp³-hybridized carbons (Fsp3) is 0.375. The zero-order chi connectivity index (χ0) is 15.3. The second-order valence-corrected chi connectivity index (χ2v) is 5.89. The third-order valence-corrected chi connectivity index (χ3v) is 4.25. The van der Waals surface area contributed by atoms with E-state index in [4.69, 9.17) is 14.0 Å². The van der Waals surface area contributed by atoms with Gasteiger partial charge < -0.3 is 19.3 Å². The summed E-state index contributed by atoms with van der Waals surface area (Å²) in [5.41, 5.74) is 1.87. The van der Waals surface area contributed by atoms with E-state index < -0.39 is 5.41 Å². The lowest BCUT2D eigenvalue weighted by atomic mass is 10.0. The summed E-state index contributed by atoms with van der Waals surface area (Å²) in [6, 6.07) is 5.51. The first-order chi connectivity index (χ1) is 10.6. The molecule has 6 heteroatoms. The molecule has 0 saturated heterocycles. The van der Waals surface area contributed by atoms with Crippen LogP contribution in [0.5, 0.6) is 11.5 Å². The SMILES string of the molecule is Cc1cc(C2(C(=O)Nc3cc4c(cc3C)OCO4)CC2)on1. The molecule has 1 fully saturated rings. The Kier molecular flexibility index (Phi) is 2.69. The van der Waals surface area contributed by atoms with Crippen molar-refractivity contribution in [1.29, 1.82) is 0 Å². The van der Waals surface area contributed by atoms with E-state index in [2.05, 4.69) is 10.5 Å². The number of ether oxygens (including phenoxy) is 2. The van der Waals surface area contributed by atoms with Gasteiger partial charge in [-0.3, -0.25) is 4.79 Å². The van der Waals surface area contributed by atoms with Gasteiger partial charge >= 0.3 is 0 Å². The third-order valence-electron chi connectivity index (χ3n) is 4.25. The number of fused-ring (bicyclic) bond motifs is 1. The molecule has 0 radical (unpaired) electrons. The Bertz CT molecular complexity index is 762. The normalized spacial score (nSPS) is 17.4. The van der Waals surface area contributed by atoms with E-state index in [9.17, 15) is 4.79 Å². The Labute approximate surface area is 127 Å². The van der Waals surface area contributed by atoms with Gasteiger partial charge in [-0.15, -0.1) is 0 Å². The van der Waals surface area contributed by atoms with Gasteiger partial charge in [-0.2, -0.15) is 0 Å². The van der Waals surface area contributed by atoms with Crippen molar-refractivity contribution in [3.05, 3.63) is 35.2 Å². The van der Waals surface area contributed by atoms with Crippen molar-refractivity contribution in [2.75, 3.05) is 12.1 Å². The first kappa shape index (κ1) is 13.2. The van der Waals surface area contributed by atoms with Crippen LogP contribution < -0.4 is 14.8 Å². The maximum Gasteiger partial charge on any atom is 0.238 e. The number of nitrogens with zero attached hydrogens (tertiary/aromatic N) is 1.